The van der Waals surface area contributed by atoms with Gasteiger partial charge < -0.3 is 29.1 Å². The van der Waals surface area contributed by atoms with Gasteiger partial charge in [0.25, 0.3) is 5.92 Å². The SMILES string of the molecule is C#Cc1c(F)ccc2cc(O)cc(-c3c(F)c4nc(OC[C@]5(CN(C)C6CC(COC)C6)CC5(F)F)nc(N5C6CCC5CN(C5CC(COC)C5)C6)c4c4cn(C)nc34)c12. The number of ether oxygens (including phenoxy) is 3. The summed E-state index contributed by atoms with van der Waals surface area (Å²) in [5, 5.41) is 17.3. The molecule has 2 bridgehead atoms. The second-order valence-corrected chi connectivity index (χ2v) is 18.5. The Hall–Kier alpha value is -4.75. The number of aryl methyl sites for hydroxylation is 1. The van der Waals surface area contributed by atoms with Crippen LogP contribution in [-0.4, -0.2) is 125 Å². The van der Waals surface area contributed by atoms with Gasteiger partial charge in [-0.15, -0.1) is 6.42 Å². The van der Waals surface area contributed by atoms with Crippen LogP contribution in [-0.2, 0) is 16.5 Å². The summed E-state index contributed by atoms with van der Waals surface area (Å²) in [6.45, 7) is 2.75. The number of rotatable bonds is 13. The number of nitrogens with zero attached hydrogens (tertiary/aromatic N) is 7. The zero-order valence-electron chi connectivity index (χ0n) is 34.9. The van der Waals surface area contributed by atoms with Crippen LogP contribution in [0.4, 0.5) is 23.4 Å². The molecular weight excluding hydrogens is 791 g/mol. The molecule has 11 nitrogen and oxygen atoms in total. The first-order valence-corrected chi connectivity index (χ1v) is 21.3. The van der Waals surface area contributed by atoms with Crippen molar-refractivity contribution >= 4 is 38.4 Å². The van der Waals surface area contributed by atoms with Gasteiger partial charge in [-0.1, -0.05) is 12.0 Å². The number of alkyl halides is 2. The summed E-state index contributed by atoms with van der Waals surface area (Å²) in [6.07, 6.45) is 13.0. The molecule has 4 heterocycles. The van der Waals surface area contributed by atoms with Gasteiger partial charge >= 0.3 is 6.01 Å². The quantitative estimate of drug-likeness (QED) is 0.0974. The van der Waals surface area contributed by atoms with Crippen molar-refractivity contribution in [3.63, 3.8) is 0 Å². The van der Waals surface area contributed by atoms with Gasteiger partial charge in [0.2, 0.25) is 0 Å². The summed E-state index contributed by atoms with van der Waals surface area (Å²) >= 11 is 0. The molecule has 3 aromatic carbocycles. The molecule has 5 fully saturated rings. The number of benzene rings is 3. The Morgan fingerprint density at radius 2 is 1.64 bits per heavy atom. The zero-order valence-corrected chi connectivity index (χ0v) is 34.9. The Morgan fingerprint density at radius 1 is 0.951 bits per heavy atom. The van der Waals surface area contributed by atoms with Crippen molar-refractivity contribution < 1.29 is 36.9 Å². The van der Waals surface area contributed by atoms with Crippen LogP contribution in [0.25, 0.3) is 43.7 Å². The number of aromatic hydroxyl groups is 1. The van der Waals surface area contributed by atoms with E-state index in [4.69, 9.17) is 35.7 Å². The van der Waals surface area contributed by atoms with Crippen molar-refractivity contribution in [3.05, 3.63) is 47.7 Å². The lowest BCUT2D eigenvalue weighted by Crippen LogP contribution is -2.59. The Morgan fingerprint density at radius 3 is 2.30 bits per heavy atom. The number of fused-ring (bicyclic) bond motifs is 6. The van der Waals surface area contributed by atoms with Crippen molar-refractivity contribution in [3.8, 4) is 35.2 Å². The van der Waals surface area contributed by atoms with E-state index >= 15 is 17.6 Å². The maximum absolute atomic E-state index is 18.0. The largest absolute Gasteiger partial charge is 0.508 e. The van der Waals surface area contributed by atoms with E-state index in [0.717, 1.165) is 58.2 Å². The molecule has 2 saturated heterocycles. The predicted octanol–water partition coefficient (Wildman–Crippen LogP) is 7.14. The highest BCUT2D eigenvalue weighted by Crippen LogP contribution is 2.61. The first-order valence-electron chi connectivity index (χ1n) is 21.3. The van der Waals surface area contributed by atoms with E-state index in [0.29, 0.717) is 46.5 Å². The number of phenols is 1. The van der Waals surface area contributed by atoms with Gasteiger partial charge in [0.05, 0.1) is 16.4 Å². The predicted molar refractivity (Wildman–Crippen MR) is 224 cm³/mol. The normalized spacial score (nSPS) is 28.1. The third-order valence-electron chi connectivity index (χ3n) is 14.5. The Labute approximate surface area is 351 Å². The van der Waals surface area contributed by atoms with Gasteiger partial charge in [0.15, 0.2) is 5.82 Å². The lowest BCUT2D eigenvalue weighted by Gasteiger charge is -2.49. The molecule has 0 radical (unpaired) electrons. The molecule has 2 unspecified atom stereocenters. The topological polar surface area (TPSA) is 101 Å². The van der Waals surface area contributed by atoms with Crippen LogP contribution in [0.1, 0.15) is 50.5 Å². The third-order valence-corrected chi connectivity index (χ3v) is 14.5. The van der Waals surface area contributed by atoms with Gasteiger partial charge in [0, 0.05) is 107 Å². The van der Waals surface area contributed by atoms with Crippen molar-refractivity contribution in [2.75, 3.05) is 65.6 Å². The van der Waals surface area contributed by atoms with Crippen LogP contribution in [0.5, 0.6) is 11.8 Å². The van der Waals surface area contributed by atoms with E-state index in [1.165, 1.54) is 24.3 Å². The highest BCUT2D eigenvalue weighted by molar-refractivity contribution is 6.18. The third kappa shape index (κ3) is 6.67. The van der Waals surface area contributed by atoms with Gasteiger partial charge in [-0.3, -0.25) is 9.58 Å². The number of anilines is 1. The fourth-order valence-electron chi connectivity index (χ4n) is 11.1. The number of methoxy groups -OCH3 is 2. The summed E-state index contributed by atoms with van der Waals surface area (Å²) < 4.78 is 82.8. The molecule has 5 aromatic rings. The van der Waals surface area contributed by atoms with E-state index in [2.05, 4.69) is 15.7 Å². The lowest BCUT2D eigenvalue weighted by molar-refractivity contribution is -0.00634. The molecule has 2 aromatic heterocycles. The standard InChI is InChI=1S/C46H51F4N7O4/c1-6-33-36(47)10-7-27-15-32(58)16-34(37(27)33)38-40(48)42-39(35-19-55(3)53-41(35)38)43(57-28-8-9-29(57)18-56(17-28)31-13-26(14-31)21-60-5)52-44(51-42)61-24-45(22-46(45,49)50)23-54(2)30-11-25(12-30)20-59-4/h1,7,10,15-16,19,25-26,28-31,58H,8-9,11-14,17-18,20-24H2,2-5H3/t25?,26?,28?,29?,30?,31?,45-/m1/s1. The molecule has 1 N–H and O–H groups in total. The van der Waals surface area contributed by atoms with Crippen LogP contribution >= 0.6 is 0 Å². The van der Waals surface area contributed by atoms with Gasteiger partial charge in [-0.2, -0.15) is 15.1 Å². The molecule has 2 aliphatic heterocycles. The molecule has 61 heavy (non-hydrogen) atoms. The number of hydrogen-bond donors (Lipinski definition) is 1. The fraction of sp³-hybridized carbons (Fsp3) is 0.543. The maximum Gasteiger partial charge on any atom is 0.319 e. The summed E-state index contributed by atoms with van der Waals surface area (Å²) in [5.41, 5.74) is -1.30. The van der Waals surface area contributed by atoms with Gasteiger partial charge in [-0.05, 0) is 86.6 Å². The Bertz CT molecular complexity index is 2570. The van der Waals surface area contributed by atoms with Crippen LogP contribution in [0.15, 0.2) is 30.5 Å². The zero-order chi connectivity index (χ0) is 42.5. The highest BCUT2D eigenvalue weighted by atomic mass is 19.3. The van der Waals surface area contributed by atoms with E-state index in [1.54, 1.807) is 32.1 Å². The molecule has 3 aliphatic carbocycles. The van der Waals surface area contributed by atoms with Gasteiger partial charge in [-0.25, -0.2) is 17.6 Å². The minimum Gasteiger partial charge on any atom is -0.508 e. The number of hydrogen-bond acceptors (Lipinski definition) is 10. The summed E-state index contributed by atoms with van der Waals surface area (Å²) in [4.78, 5) is 16.6. The molecule has 15 heteroatoms. The molecule has 322 valence electrons. The second kappa shape index (κ2) is 15.0. The lowest BCUT2D eigenvalue weighted by atomic mass is 9.79. The van der Waals surface area contributed by atoms with Gasteiger partial charge in [0.1, 0.15) is 35.0 Å². The molecule has 5 aliphatic rings. The number of terminal acetylenes is 1. The first kappa shape index (κ1) is 40.3. The summed E-state index contributed by atoms with van der Waals surface area (Å²) in [5.74, 6) is -0.773. The average molecular weight is 842 g/mol. The number of phenolic OH excluding ortho intramolecular Hbond substituents is 1. The highest BCUT2D eigenvalue weighted by Gasteiger charge is 2.72. The van der Waals surface area contributed by atoms with E-state index in [9.17, 15) is 5.11 Å². The summed E-state index contributed by atoms with van der Waals surface area (Å²) in [7, 11) is 7.02. The van der Waals surface area contributed by atoms with E-state index < -0.39 is 23.0 Å². The smallest absolute Gasteiger partial charge is 0.319 e. The molecular formula is C46H51F4N7O4. The van der Waals surface area contributed by atoms with Crippen LogP contribution in [0.2, 0.25) is 0 Å². The molecule has 3 saturated carbocycles. The molecule has 0 amide bonds. The van der Waals surface area contributed by atoms with E-state index in [1.807, 2.05) is 11.9 Å². The molecule has 10 rings (SSSR count). The van der Waals surface area contributed by atoms with Crippen molar-refractivity contribution in [2.45, 2.75) is 75.0 Å². The van der Waals surface area contributed by atoms with Crippen molar-refractivity contribution in [2.24, 2.45) is 24.3 Å². The molecule has 3 atom stereocenters. The Kier molecular flexibility index (Phi) is 9.89. The minimum atomic E-state index is -2.96. The van der Waals surface area contributed by atoms with Crippen molar-refractivity contribution in [1.29, 1.82) is 0 Å². The number of likely N-dealkylation sites (tertiary alicyclic amines) is 1. The maximum atomic E-state index is 18.0. The second-order valence-electron chi connectivity index (χ2n) is 18.5. The molecule has 0 spiro atoms. The van der Waals surface area contributed by atoms with E-state index in [-0.39, 0.29) is 82.6 Å². The van der Waals surface area contributed by atoms with Crippen LogP contribution in [0, 0.1) is 41.2 Å². The first-order chi connectivity index (χ1) is 29.3. The fourth-order valence-corrected chi connectivity index (χ4v) is 11.1. The monoisotopic (exact) mass is 841 g/mol. The number of piperazine rings is 1. The number of aromatic nitrogens is 4. The minimum absolute atomic E-state index is 0.0378. The summed E-state index contributed by atoms with van der Waals surface area (Å²) in [6, 6.07) is 6.02. The average Bonchev–Trinajstić information content (AvgIpc) is 3.37. The van der Waals surface area contributed by atoms with Crippen molar-refractivity contribution in [1.82, 2.24) is 29.5 Å². The Balaban J connectivity index is 1.09. The van der Waals surface area contributed by atoms with Crippen LogP contribution in [0.3, 0.4) is 0 Å². The number of halogens is 4. The van der Waals surface area contributed by atoms with Crippen LogP contribution < -0.4 is 9.64 Å².